The van der Waals surface area contributed by atoms with Gasteiger partial charge < -0.3 is 43.2 Å². The number of nitrogens with zero attached hydrogens (tertiary/aromatic N) is 2. The van der Waals surface area contributed by atoms with Gasteiger partial charge in [0.25, 0.3) is 0 Å². The Bertz CT molecular complexity index is 831. The van der Waals surface area contributed by atoms with Crippen LogP contribution in [-0.2, 0) is 24.0 Å². The molecule has 2 rings (SSSR count). The molecule has 2 heterocycles. The molecule has 0 aromatic carbocycles. The van der Waals surface area contributed by atoms with E-state index in [2.05, 4.69) is 20.9 Å². The first-order valence-corrected chi connectivity index (χ1v) is 11.8. The van der Waals surface area contributed by atoms with E-state index in [9.17, 15) is 29.1 Å². The fourth-order valence-corrected chi connectivity index (χ4v) is 4.12. The highest BCUT2D eigenvalue weighted by Gasteiger charge is 2.38. The maximum absolute atomic E-state index is 13.0. The van der Waals surface area contributed by atoms with Crippen molar-refractivity contribution in [1.82, 2.24) is 20.9 Å². The van der Waals surface area contributed by atoms with Crippen molar-refractivity contribution in [3.05, 3.63) is 0 Å². The van der Waals surface area contributed by atoms with Crippen molar-refractivity contribution in [2.24, 2.45) is 22.2 Å². The Balaban J connectivity index is 2.15. The van der Waals surface area contributed by atoms with E-state index in [1.807, 2.05) is 0 Å². The predicted octanol–water partition coefficient (Wildman–Crippen LogP) is -2.90. The van der Waals surface area contributed by atoms with E-state index >= 15 is 0 Å². The van der Waals surface area contributed by atoms with Crippen molar-refractivity contribution in [1.29, 1.82) is 0 Å². The van der Waals surface area contributed by atoms with Crippen LogP contribution in [0.15, 0.2) is 4.99 Å². The number of nitrogens with one attached hydrogen (secondary N) is 3. The maximum Gasteiger partial charge on any atom is 0.326 e. The van der Waals surface area contributed by atoms with Gasteiger partial charge in [-0.05, 0) is 44.9 Å². The minimum Gasteiger partial charge on any atom is -0.480 e. The molecular formula is C21H36N8O6. The van der Waals surface area contributed by atoms with E-state index in [0.29, 0.717) is 45.2 Å². The summed E-state index contributed by atoms with van der Waals surface area (Å²) in [6, 6.07) is -4.16. The number of carbonyl (C=O) groups is 5. The van der Waals surface area contributed by atoms with E-state index in [4.69, 9.17) is 17.2 Å². The highest BCUT2D eigenvalue weighted by Crippen LogP contribution is 2.20. The van der Waals surface area contributed by atoms with Gasteiger partial charge in [-0.1, -0.05) is 0 Å². The van der Waals surface area contributed by atoms with E-state index < -0.39 is 47.9 Å². The molecule has 14 heteroatoms. The van der Waals surface area contributed by atoms with Crippen molar-refractivity contribution < 1.29 is 29.1 Å². The molecular weight excluding hydrogens is 460 g/mol. The second-order valence-electron chi connectivity index (χ2n) is 8.76. The third-order valence-electron chi connectivity index (χ3n) is 6.00. The van der Waals surface area contributed by atoms with Crippen LogP contribution < -0.4 is 33.2 Å². The molecule has 4 atom stereocenters. The van der Waals surface area contributed by atoms with Crippen LogP contribution >= 0.6 is 0 Å². The van der Waals surface area contributed by atoms with Gasteiger partial charge in [0, 0.05) is 19.6 Å². The van der Waals surface area contributed by atoms with Gasteiger partial charge in [-0.2, -0.15) is 0 Å². The first kappa shape index (κ1) is 27.8. The van der Waals surface area contributed by atoms with Gasteiger partial charge in [0.1, 0.15) is 18.1 Å². The number of aliphatic carboxylic acids is 1. The first-order chi connectivity index (χ1) is 16.6. The average molecular weight is 497 g/mol. The largest absolute Gasteiger partial charge is 0.480 e. The molecule has 0 aliphatic carbocycles. The maximum atomic E-state index is 13.0. The first-order valence-electron chi connectivity index (χ1n) is 11.8. The number of carboxylic acids is 1. The van der Waals surface area contributed by atoms with Crippen molar-refractivity contribution in [2.45, 2.75) is 75.5 Å². The summed E-state index contributed by atoms with van der Waals surface area (Å²) in [6.07, 6.45) is 2.58. The van der Waals surface area contributed by atoms with Crippen LogP contribution in [0.25, 0.3) is 0 Å². The number of fused-ring (bicyclic) bond motifs is 1. The molecule has 14 nitrogen and oxygen atoms in total. The molecule has 0 bridgehead atoms. The van der Waals surface area contributed by atoms with Gasteiger partial charge >= 0.3 is 5.97 Å². The number of guanidine groups is 1. The van der Waals surface area contributed by atoms with E-state index in [1.165, 1.54) is 4.90 Å². The Morgan fingerprint density at radius 3 is 2.60 bits per heavy atom. The molecule has 2 saturated heterocycles. The molecule has 4 amide bonds. The van der Waals surface area contributed by atoms with Crippen LogP contribution in [-0.4, -0.2) is 89.4 Å². The summed E-state index contributed by atoms with van der Waals surface area (Å²) in [5.74, 6) is -3.60. The lowest BCUT2D eigenvalue weighted by Gasteiger charge is -2.29. The normalized spacial score (nSPS) is 24.9. The second kappa shape index (κ2) is 13.5. The van der Waals surface area contributed by atoms with Crippen LogP contribution in [0.4, 0.5) is 0 Å². The summed E-state index contributed by atoms with van der Waals surface area (Å²) in [5.41, 5.74) is 16.5. The zero-order valence-electron chi connectivity index (χ0n) is 19.7. The van der Waals surface area contributed by atoms with E-state index in [0.717, 1.165) is 0 Å². The van der Waals surface area contributed by atoms with E-state index in [-0.39, 0.29) is 37.7 Å². The molecule has 10 N–H and O–H groups in total. The highest BCUT2D eigenvalue weighted by molar-refractivity contribution is 5.96. The summed E-state index contributed by atoms with van der Waals surface area (Å²) >= 11 is 0. The highest BCUT2D eigenvalue weighted by atomic mass is 16.4. The zero-order chi connectivity index (χ0) is 26.0. The third-order valence-corrected chi connectivity index (χ3v) is 6.00. The predicted molar refractivity (Wildman–Crippen MR) is 126 cm³/mol. The van der Waals surface area contributed by atoms with E-state index in [1.54, 1.807) is 0 Å². The van der Waals surface area contributed by atoms with Gasteiger partial charge in [0.2, 0.25) is 23.6 Å². The van der Waals surface area contributed by atoms with Crippen molar-refractivity contribution in [3.63, 3.8) is 0 Å². The van der Waals surface area contributed by atoms with Gasteiger partial charge in [-0.25, -0.2) is 4.79 Å². The van der Waals surface area contributed by atoms with Crippen LogP contribution in [0.1, 0.15) is 51.4 Å². The SMILES string of the molecule is NC(N)=NCCC[C@H](NC(=O)[C@@H]1CC(=O)NCCCC[C@H](N)C(=O)N2CCC[C@H]2C(=O)N1)C(=O)O. The monoisotopic (exact) mass is 496 g/mol. The topological polar surface area (TPSA) is 235 Å². The van der Waals surface area contributed by atoms with Gasteiger partial charge in [-0.3, -0.25) is 24.2 Å². The number of carboxylic acid groups (broad SMARTS) is 1. The fraction of sp³-hybridized carbons (Fsp3) is 0.714. The summed E-state index contributed by atoms with van der Waals surface area (Å²) in [5, 5.41) is 17.1. The average Bonchev–Trinajstić information content (AvgIpc) is 3.28. The number of rotatable bonds is 7. The molecule has 2 fully saturated rings. The lowest BCUT2D eigenvalue weighted by atomic mass is 10.1. The van der Waals surface area contributed by atoms with Crippen LogP contribution in [0.2, 0.25) is 0 Å². The molecule has 2 aliphatic rings. The number of hydrogen-bond acceptors (Lipinski definition) is 7. The van der Waals surface area contributed by atoms with Gasteiger partial charge in [-0.15, -0.1) is 0 Å². The van der Waals surface area contributed by atoms with Crippen molar-refractivity contribution >= 4 is 35.6 Å². The molecule has 0 unspecified atom stereocenters. The van der Waals surface area contributed by atoms with Gasteiger partial charge in [0.05, 0.1) is 12.5 Å². The van der Waals surface area contributed by atoms with Crippen LogP contribution in [0.3, 0.4) is 0 Å². The lowest BCUT2D eigenvalue weighted by Crippen LogP contribution is -2.57. The number of aliphatic imine (C=N–C) groups is 1. The quantitative estimate of drug-likeness (QED) is 0.109. The Kier molecular flexibility index (Phi) is 10.7. The van der Waals surface area contributed by atoms with Crippen LogP contribution in [0.5, 0.6) is 0 Å². The third kappa shape index (κ3) is 8.70. The summed E-state index contributed by atoms with van der Waals surface area (Å²) in [7, 11) is 0. The molecule has 196 valence electrons. The van der Waals surface area contributed by atoms with Crippen molar-refractivity contribution in [2.75, 3.05) is 19.6 Å². The molecule has 0 aromatic rings. The number of amides is 4. The second-order valence-corrected chi connectivity index (χ2v) is 8.76. The smallest absolute Gasteiger partial charge is 0.326 e. The number of nitrogens with two attached hydrogens (primary N) is 3. The molecule has 0 spiro atoms. The molecule has 0 saturated carbocycles. The minimum absolute atomic E-state index is 0.0352. The summed E-state index contributed by atoms with van der Waals surface area (Å²) < 4.78 is 0. The standard InChI is InChI=1S/C21H36N8O6/c22-12-5-1-2-8-25-16(30)11-14(28-18(32)15-7-4-10-29(15)19(12)33)17(31)27-13(20(34)35)6-3-9-26-21(23)24/h12-15H,1-11,22H2,(H,25,30)(H,27,31)(H,28,32)(H,34,35)(H4,23,24,26)/t12-,13-,14-,15-/m0/s1. The minimum atomic E-state index is -1.32. The number of hydrogen-bond donors (Lipinski definition) is 7. The summed E-state index contributed by atoms with van der Waals surface area (Å²) in [6.45, 7) is 0.869. The molecule has 0 radical (unpaired) electrons. The molecule has 2 aliphatic heterocycles. The Labute approximate surface area is 203 Å². The molecule has 0 aromatic heterocycles. The molecule has 35 heavy (non-hydrogen) atoms. The number of carbonyl (C=O) groups excluding carboxylic acids is 4. The lowest BCUT2D eigenvalue weighted by molar-refractivity contribution is -0.143. The van der Waals surface area contributed by atoms with Crippen molar-refractivity contribution in [3.8, 4) is 0 Å². The fourth-order valence-electron chi connectivity index (χ4n) is 4.12. The zero-order valence-corrected chi connectivity index (χ0v) is 19.7. The Morgan fingerprint density at radius 1 is 1.17 bits per heavy atom. The van der Waals surface area contributed by atoms with Gasteiger partial charge in [0.15, 0.2) is 5.96 Å². The Morgan fingerprint density at radius 2 is 1.91 bits per heavy atom. The van der Waals surface area contributed by atoms with Crippen LogP contribution in [0, 0.1) is 0 Å². The summed E-state index contributed by atoms with van der Waals surface area (Å²) in [4.78, 5) is 68.0. The Hall–Kier alpha value is -3.42.